The van der Waals surface area contributed by atoms with Crippen molar-refractivity contribution in [2.45, 2.75) is 5.44 Å². The van der Waals surface area contributed by atoms with Gasteiger partial charge in [-0.2, -0.15) is 0 Å². The Bertz CT molecular complexity index is 484. The van der Waals surface area contributed by atoms with Crippen LogP contribution < -0.4 is 4.90 Å². The SMILES string of the molecule is COC1CN=C(N2CCN(c3ccc(O)cc3)CC2)S1. The molecule has 2 aliphatic heterocycles. The molecule has 0 radical (unpaired) electrons. The van der Waals surface area contributed by atoms with Crippen LogP contribution in [0.5, 0.6) is 5.75 Å². The van der Waals surface area contributed by atoms with Crippen molar-refractivity contribution in [2.75, 3.05) is 44.7 Å². The molecule has 0 amide bonds. The molecule has 1 atom stereocenters. The number of methoxy groups -OCH3 is 1. The number of benzene rings is 1. The van der Waals surface area contributed by atoms with Crippen molar-refractivity contribution in [3.8, 4) is 5.75 Å². The molecule has 5 nitrogen and oxygen atoms in total. The van der Waals surface area contributed by atoms with Gasteiger partial charge in [-0.05, 0) is 24.3 Å². The number of nitrogens with zero attached hydrogens (tertiary/aromatic N) is 3. The van der Waals surface area contributed by atoms with Gasteiger partial charge in [0.2, 0.25) is 0 Å². The Hall–Kier alpha value is -1.40. The van der Waals surface area contributed by atoms with Gasteiger partial charge in [-0.15, -0.1) is 0 Å². The van der Waals surface area contributed by atoms with Gasteiger partial charge >= 0.3 is 0 Å². The number of piperazine rings is 1. The van der Waals surface area contributed by atoms with E-state index >= 15 is 0 Å². The maximum absolute atomic E-state index is 9.33. The van der Waals surface area contributed by atoms with Crippen LogP contribution in [0.25, 0.3) is 0 Å². The number of thioether (sulfide) groups is 1. The molecule has 1 aromatic rings. The van der Waals surface area contributed by atoms with Crippen LogP contribution in [0.4, 0.5) is 5.69 Å². The number of anilines is 1. The zero-order chi connectivity index (χ0) is 13.9. The van der Waals surface area contributed by atoms with Crippen LogP contribution >= 0.6 is 11.8 Å². The molecule has 1 unspecified atom stereocenters. The van der Waals surface area contributed by atoms with Crippen molar-refractivity contribution in [3.63, 3.8) is 0 Å². The Morgan fingerprint density at radius 2 is 1.80 bits per heavy atom. The number of ether oxygens (including phenoxy) is 1. The van der Waals surface area contributed by atoms with Crippen LogP contribution in [0.2, 0.25) is 0 Å². The maximum Gasteiger partial charge on any atom is 0.162 e. The molecule has 108 valence electrons. The topological polar surface area (TPSA) is 48.3 Å². The third-order valence-electron chi connectivity index (χ3n) is 3.64. The minimum atomic E-state index is 0.181. The van der Waals surface area contributed by atoms with Crippen LogP contribution in [-0.4, -0.2) is 60.4 Å². The number of hydrogen-bond acceptors (Lipinski definition) is 6. The van der Waals surface area contributed by atoms with Crippen molar-refractivity contribution >= 4 is 22.6 Å². The van der Waals surface area contributed by atoms with Crippen LogP contribution in [0.15, 0.2) is 29.3 Å². The lowest BCUT2D eigenvalue weighted by Crippen LogP contribution is -2.47. The van der Waals surface area contributed by atoms with E-state index < -0.39 is 0 Å². The largest absolute Gasteiger partial charge is 0.508 e. The number of hydrogen-bond donors (Lipinski definition) is 1. The first-order valence-electron chi connectivity index (χ1n) is 6.79. The van der Waals surface area contributed by atoms with E-state index in [4.69, 9.17) is 4.74 Å². The molecule has 2 heterocycles. The van der Waals surface area contributed by atoms with Crippen molar-refractivity contribution < 1.29 is 9.84 Å². The van der Waals surface area contributed by atoms with Gasteiger partial charge in [-0.3, -0.25) is 4.99 Å². The van der Waals surface area contributed by atoms with Gasteiger partial charge in [0, 0.05) is 39.0 Å². The van der Waals surface area contributed by atoms with Gasteiger partial charge in [-0.25, -0.2) is 0 Å². The van der Waals surface area contributed by atoms with Gasteiger partial charge < -0.3 is 19.6 Å². The number of aliphatic imine (C=N–C) groups is 1. The van der Waals surface area contributed by atoms with Gasteiger partial charge in [0.25, 0.3) is 0 Å². The highest BCUT2D eigenvalue weighted by atomic mass is 32.2. The molecular formula is C14H19N3O2S. The van der Waals surface area contributed by atoms with Crippen LogP contribution in [-0.2, 0) is 4.74 Å². The molecule has 3 rings (SSSR count). The lowest BCUT2D eigenvalue weighted by molar-refractivity contribution is 0.182. The van der Waals surface area contributed by atoms with Gasteiger partial charge in [0.05, 0.1) is 6.54 Å². The average molecular weight is 293 g/mol. The molecule has 0 spiro atoms. The van der Waals surface area contributed by atoms with Crippen molar-refractivity contribution in [1.29, 1.82) is 0 Å². The summed E-state index contributed by atoms with van der Waals surface area (Å²) in [6.07, 6.45) is 0. The molecule has 0 aliphatic carbocycles. The predicted octanol–water partition coefficient (Wildman–Crippen LogP) is 1.59. The fourth-order valence-electron chi connectivity index (χ4n) is 2.46. The first kappa shape index (κ1) is 13.6. The third kappa shape index (κ3) is 2.86. The van der Waals surface area contributed by atoms with E-state index in [0.29, 0.717) is 5.75 Å². The predicted molar refractivity (Wildman–Crippen MR) is 82.6 cm³/mol. The lowest BCUT2D eigenvalue weighted by atomic mass is 10.2. The monoisotopic (exact) mass is 293 g/mol. The van der Waals surface area contributed by atoms with Gasteiger partial charge in [0.15, 0.2) is 5.17 Å². The van der Waals surface area contributed by atoms with Crippen molar-refractivity contribution in [3.05, 3.63) is 24.3 Å². The van der Waals surface area contributed by atoms with E-state index in [1.807, 2.05) is 12.1 Å². The fourth-order valence-corrected chi connectivity index (χ4v) is 3.42. The Morgan fingerprint density at radius 1 is 1.15 bits per heavy atom. The zero-order valence-corrected chi connectivity index (χ0v) is 12.3. The van der Waals surface area contributed by atoms with E-state index in [1.165, 1.54) is 5.69 Å². The molecule has 0 aromatic heterocycles. The molecule has 1 N–H and O–H groups in total. The summed E-state index contributed by atoms with van der Waals surface area (Å²) in [7, 11) is 1.74. The molecule has 0 saturated carbocycles. The summed E-state index contributed by atoms with van der Waals surface area (Å²) in [6, 6.07) is 7.41. The second-order valence-electron chi connectivity index (χ2n) is 4.90. The highest BCUT2D eigenvalue weighted by Gasteiger charge is 2.26. The maximum atomic E-state index is 9.33. The van der Waals surface area contributed by atoms with Crippen molar-refractivity contribution in [1.82, 2.24) is 4.90 Å². The third-order valence-corrected chi connectivity index (χ3v) is 4.84. The first-order valence-corrected chi connectivity index (χ1v) is 7.67. The lowest BCUT2D eigenvalue weighted by Gasteiger charge is -2.36. The second kappa shape index (κ2) is 5.93. The highest BCUT2D eigenvalue weighted by molar-refractivity contribution is 8.14. The number of rotatable bonds is 2. The summed E-state index contributed by atoms with van der Waals surface area (Å²) >= 11 is 1.72. The summed E-state index contributed by atoms with van der Waals surface area (Å²) in [4.78, 5) is 9.22. The summed E-state index contributed by atoms with van der Waals surface area (Å²) in [6.45, 7) is 4.66. The smallest absolute Gasteiger partial charge is 0.162 e. The highest BCUT2D eigenvalue weighted by Crippen LogP contribution is 2.26. The standard InChI is InChI=1S/C14H19N3O2S/c1-19-13-10-15-14(20-13)17-8-6-16(7-9-17)11-2-4-12(18)5-3-11/h2-5,13,18H,6-10H2,1H3. The molecule has 2 aliphatic rings. The number of phenols is 1. The second-order valence-corrected chi connectivity index (χ2v) is 6.02. The number of phenolic OH excluding ortho intramolecular Hbond substituents is 1. The van der Waals surface area contributed by atoms with Crippen molar-refractivity contribution in [2.24, 2.45) is 4.99 Å². The Morgan fingerprint density at radius 3 is 2.40 bits per heavy atom. The summed E-state index contributed by atoms with van der Waals surface area (Å²) < 4.78 is 5.32. The molecule has 6 heteroatoms. The van der Waals surface area contributed by atoms with Gasteiger partial charge in [-0.1, -0.05) is 11.8 Å². The minimum absolute atomic E-state index is 0.181. The van der Waals surface area contributed by atoms with E-state index in [0.717, 1.165) is 37.9 Å². The summed E-state index contributed by atoms with van der Waals surface area (Å²) in [5, 5.41) is 10.4. The van der Waals surface area contributed by atoms with Crippen LogP contribution in [0, 0.1) is 0 Å². The van der Waals surface area contributed by atoms with Crippen LogP contribution in [0.1, 0.15) is 0 Å². The average Bonchev–Trinajstić information content (AvgIpc) is 2.97. The minimum Gasteiger partial charge on any atom is -0.508 e. The Labute approximate surface area is 123 Å². The normalized spacial score (nSPS) is 23.1. The zero-order valence-electron chi connectivity index (χ0n) is 11.5. The van der Waals surface area contributed by atoms with E-state index in [1.54, 1.807) is 31.0 Å². The molecule has 20 heavy (non-hydrogen) atoms. The number of amidine groups is 1. The quantitative estimate of drug-likeness (QED) is 0.897. The van der Waals surface area contributed by atoms with Crippen LogP contribution in [0.3, 0.4) is 0 Å². The summed E-state index contributed by atoms with van der Waals surface area (Å²) in [5.74, 6) is 0.315. The molecular weight excluding hydrogens is 274 g/mol. The fraction of sp³-hybridized carbons (Fsp3) is 0.500. The Kier molecular flexibility index (Phi) is 4.03. The molecule has 1 fully saturated rings. The first-order chi connectivity index (χ1) is 9.76. The Balaban J connectivity index is 1.56. The summed E-state index contributed by atoms with van der Waals surface area (Å²) in [5.41, 5.74) is 1.35. The van der Waals surface area contributed by atoms with Gasteiger partial charge in [0.1, 0.15) is 11.2 Å². The molecule has 0 bridgehead atoms. The number of aromatic hydroxyl groups is 1. The van der Waals surface area contributed by atoms with E-state index in [-0.39, 0.29) is 5.44 Å². The molecule has 1 saturated heterocycles. The van der Waals surface area contributed by atoms with E-state index in [2.05, 4.69) is 14.8 Å². The molecule has 1 aromatic carbocycles. The van der Waals surface area contributed by atoms with E-state index in [9.17, 15) is 5.11 Å².